The van der Waals surface area contributed by atoms with Gasteiger partial charge in [-0.2, -0.15) is 0 Å². The number of carboxylic acids is 1. The molecule has 0 bridgehead atoms. The van der Waals surface area contributed by atoms with Crippen LogP contribution >= 0.6 is 23.2 Å². The molecule has 1 aromatic rings. The highest BCUT2D eigenvalue weighted by Crippen LogP contribution is 2.31. The maximum atomic E-state index is 10.8. The van der Waals surface area contributed by atoms with Gasteiger partial charge >= 0.3 is 5.97 Å². The lowest BCUT2D eigenvalue weighted by atomic mass is 10.2. The Morgan fingerprint density at radius 3 is 2.58 bits per heavy atom. The molecule has 1 N–H and O–H groups in total. The van der Waals surface area contributed by atoms with Crippen molar-refractivity contribution in [3.05, 3.63) is 27.7 Å². The molecule has 0 aliphatic carbocycles. The molecule has 0 unspecified atom stereocenters. The van der Waals surface area contributed by atoms with E-state index in [1.165, 1.54) is 7.11 Å². The molecule has 0 heterocycles. The Bertz CT molecular complexity index is 452. The summed E-state index contributed by atoms with van der Waals surface area (Å²) in [5, 5.41) is 9.86. The van der Waals surface area contributed by atoms with Crippen LogP contribution in [0.15, 0.2) is 12.1 Å². The van der Waals surface area contributed by atoms with E-state index in [2.05, 4.69) is 0 Å². The lowest BCUT2D eigenvalue weighted by Crippen LogP contribution is -2.30. The fraction of sp³-hybridized carbons (Fsp3) is 0.462. The van der Waals surface area contributed by atoms with Crippen LogP contribution in [0, 0.1) is 0 Å². The van der Waals surface area contributed by atoms with E-state index in [0.29, 0.717) is 28.9 Å². The molecule has 0 saturated carbocycles. The Morgan fingerprint density at radius 1 is 1.37 bits per heavy atom. The van der Waals surface area contributed by atoms with Gasteiger partial charge in [-0.3, -0.25) is 9.69 Å². The predicted octanol–water partition coefficient (Wildman–Crippen LogP) is 3.30. The Hall–Kier alpha value is -0.970. The van der Waals surface area contributed by atoms with E-state index in [9.17, 15) is 4.79 Å². The lowest BCUT2D eigenvalue weighted by molar-refractivity contribution is -0.138. The number of methoxy groups -OCH3 is 1. The van der Waals surface area contributed by atoms with Gasteiger partial charge in [0.05, 0.1) is 18.7 Å². The average Bonchev–Trinajstić information content (AvgIpc) is 2.32. The van der Waals surface area contributed by atoms with Gasteiger partial charge < -0.3 is 9.84 Å². The van der Waals surface area contributed by atoms with Crippen LogP contribution < -0.4 is 4.74 Å². The van der Waals surface area contributed by atoms with Crippen molar-refractivity contribution in [3.63, 3.8) is 0 Å². The van der Waals surface area contributed by atoms with Crippen molar-refractivity contribution in [1.82, 2.24) is 4.90 Å². The highest BCUT2D eigenvalue weighted by Gasteiger charge is 2.13. The first-order valence-corrected chi connectivity index (χ1v) is 6.69. The zero-order chi connectivity index (χ0) is 14.4. The standard InChI is InChI=1S/C13H17Cl2NO3/c1-3-4-16(8-13(17)18)7-9-5-11(15)12(19-2)6-10(9)14/h5-6H,3-4,7-8H2,1-2H3,(H,17,18). The number of carbonyl (C=O) groups is 1. The number of ether oxygens (including phenoxy) is 1. The van der Waals surface area contributed by atoms with Gasteiger partial charge in [0, 0.05) is 17.6 Å². The molecule has 106 valence electrons. The first-order chi connectivity index (χ1) is 8.97. The predicted molar refractivity (Wildman–Crippen MR) is 76.2 cm³/mol. The molecule has 4 nitrogen and oxygen atoms in total. The molecule has 6 heteroatoms. The molecule has 0 atom stereocenters. The van der Waals surface area contributed by atoms with Crippen LogP contribution in [0.5, 0.6) is 5.75 Å². The maximum absolute atomic E-state index is 10.8. The van der Waals surface area contributed by atoms with Crippen molar-refractivity contribution in [2.45, 2.75) is 19.9 Å². The van der Waals surface area contributed by atoms with E-state index in [1.807, 2.05) is 11.8 Å². The third kappa shape index (κ3) is 4.90. The van der Waals surface area contributed by atoms with E-state index < -0.39 is 5.97 Å². The Balaban J connectivity index is 2.89. The number of hydrogen-bond acceptors (Lipinski definition) is 3. The minimum Gasteiger partial charge on any atom is -0.495 e. The van der Waals surface area contributed by atoms with E-state index in [-0.39, 0.29) is 6.54 Å². The summed E-state index contributed by atoms with van der Waals surface area (Å²) in [7, 11) is 1.52. The number of nitrogens with zero attached hydrogens (tertiary/aromatic N) is 1. The third-order valence-corrected chi connectivity index (χ3v) is 3.26. The van der Waals surface area contributed by atoms with E-state index >= 15 is 0 Å². The van der Waals surface area contributed by atoms with E-state index in [1.54, 1.807) is 12.1 Å². The van der Waals surface area contributed by atoms with Crippen LogP contribution in [-0.2, 0) is 11.3 Å². The Kier molecular flexibility index (Phi) is 6.42. The van der Waals surface area contributed by atoms with Gasteiger partial charge in [-0.05, 0) is 24.6 Å². The summed E-state index contributed by atoms with van der Waals surface area (Å²) in [6, 6.07) is 3.36. The van der Waals surface area contributed by atoms with Gasteiger partial charge in [0.2, 0.25) is 0 Å². The largest absolute Gasteiger partial charge is 0.495 e. The zero-order valence-electron chi connectivity index (χ0n) is 10.9. The van der Waals surface area contributed by atoms with Crippen LogP contribution in [0.4, 0.5) is 0 Å². The quantitative estimate of drug-likeness (QED) is 0.840. The summed E-state index contributed by atoms with van der Waals surface area (Å²) in [5.41, 5.74) is 0.794. The van der Waals surface area contributed by atoms with Crippen LogP contribution in [0.2, 0.25) is 10.0 Å². The second-order valence-corrected chi connectivity index (χ2v) is 5.00. The van der Waals surface area contributed by atoms with Crippen LogP contribution in [0.1, 0.15) is 18.9 Å². The van der Waals surface area contributed by atoms with E-state index in [4.69, 9.17) is 33.0 Å². The molecule has 0 fully saturated rings. The van der Waals surface area contributed by atoms with Crippen molar-refractivity contribution in [1.29, 1.82) is 0 Å². The molecule has 19 heavy (non-hydrogen) atoms. The van der Waals surface area contributed by atoms with Gasteiger partial charge in [-0.25, -0.2) is 0 Å². The highest BCUT2D eigenvalue weighted by atomic mass is 35.5. The molecule has 0 aromatic heterocycles. The number of halogens is 2. The molecule has 0 aliphatic rings. The Morgan fingerprint density at radius 2 is 2.05 bits per heavy atom. The molecule has 1 aromatic carbocycles. The topological polar surface area (TPSA) is 49.8 Å². The second-order valence-electron chi connectivity index (χ2n) is 4.18. The van der Waals surface area contributed by atoms with Crippen LogP contribution in [0.25, 0.3) is 0 Å². The lowest BCUT2D eigenvalue weighted by Gasteiger charge is -2.20. The fourth-order valence-corrected chi connectivity index (χ4v) is 2.29. The monoisotopic (exact) mass is 305 g/mol. The van der Waals surface area contributed by atoms with Gasteiger partial charge in [0.25, 0.3) is 0 Å². The molecule has 0 spiro atoms. The van der Waals surface area contributed by atoms with E-state index in [0.717, 1.165) is 12.0 Å². The number of hydrogen-bond donors (Lipinski definition) is 1. The van der Waals surface area contributed by atoms with Crippen LogP contribution in [-0.4, -0.2) is 36.2 Å². The third-order valence-electron chi connectivity index (χ3n) is 2.61. The highest BCUT2D eigenvalue weighted by molar-refractivity contribution is 6.34. The molecule has 0 aliphatic heterocycles. The normalized spacial score (nSPS) is 10.8. The summed E-state index contributed by atoms with van der Waals surface area (Å²) in [6.45, 7) is 3.11. The number of benzene rings is 1. The van der Waals surface area contributed by atoms with Gasteiger partial charge in [0.1, 0.15) is 5.75 Å². The first-order valence-electron chi connectivity index (χ1n) is 5.94. The summed E-state index contributed by atoms with van der Waals surface area (Å²) < 4.78 is 5.07. The second kappa shape index (κ2) is 7.58. The van der Waals surface area contributed by atoms with Gasteiger partial charge in [-0.15, -0.1) is 0 Å². The minimum absolute atomic E-state index is 0.0200. The summed E-state index contributed by atoms with van der Waals surface area (Å²) in [4.78, 5) is 12.6. The molecule has 0 radical (unpaired) electrons. The van der Waals surface area contributed by atoms with Crippen molar-refractivity contribution >= 4 is 29.2 Å². The van der Waals surface area contributed by atoms with Crippen molar-refractivity contribution in [2.75, 3.05) is 20.2 Å². The van der Waals surface area contributed by atoms with Crippen molar-refractivity contribution < 1.29 is 14.6 Å². The molecule has 0 amide bonds. The van der Waals surface area contributed by atoms with Crippen LogP contribution in [0.3, 0.4) is 0 Å². The van der Waals surface area contributed by atoms with Crippen molar-refractivity contribution in [3.8, 4) is 5.75 Å². The van der Waals surface area contributed by atoms with Gasteiger partial charge in [0.15, 0.2) is 0 Å². The number of aliphatic carboxylic acids is 1. The minimum atomic E-state index is -0.857. The molecular weight excluding hydrogens is 289 g/mol. The van der Waals surface area contributed by atoms with Crippen molar-refractivity contribution in [2.24, 2.45) is 0 Å². The molecular formula is C13H17Cl2NO3. The summed E-state index contributed by atoms with van der Waals surface area (Å²) in [5.74, 6) is -0.347. The number of rotatable bonds is 7. The Labute approximate surface area is 122 Å². The van der Waals surface area contributed by atoms with Gasteiger partial charge in [-0.1, -0.05) is 30.1 Å². The SMILES string of the molecule is CCCN(CC(=O)O)Cc1cc(Cl)c(OC)cc1Cl. The zero-order valence-corrected chi connectivity index (χ0v) is 12.5. The average molecular weight is 306 g/mol. The molecule has 1 rings (SSSR count). The summed E-state index contributed by atoms with van der Waals surface area (Å²) >= 11 is 12.2. The summed E-state index contributed by atoms with van der Waals surface area (Å²) in [6.07, 6.45) is 0.870. The molecule has 0 saturated heterocycles. The number of carboxylic acid groups (broad SMARTS) is 1. The fourth-order valence-electron chi connectivity index (χ4n) is 1.81. The smallest absolute Gasteiger partial charge is 0.317 e. The first kappa shape index (κ1) is 16.1. The maximum Gasteiger partial charge on any atom is 0.317 e.